The van der Waals surface area contributed by atoms with Gasteiger partial charge >= 0.3 is 0 Å². The van der Waals surface area contributed by atoms with Gasteiger partial charge in [0.1, 0.15) is 0 Å². The van der Waals surface area contributed by atoms with Gasteiger partial charge in [0.25, 0.3) is 0 Å². The number of fused-ring (bicyclic) bond motifs is 4. The zero-order valence-electron chi connectivity index (χ0n) is 48.4. The quantitative estimate of drug-likeness (QED) is 0.0336. The molecule has 468 valence electrons. The van der Waals surface area contributed by atoms with E-state index in [1.54, 1.807) is 64.9 Å². The Hall–Kier alpha value is -8.47. The number of aldehydes is 1. The van der Waals surface area contributed by atoms with E-state index in [0.29, 0.717) is 69.6 Å². The number of aromatic nitrogens is 11. The van der Waals surface area contributed by atoms with Crippen molar-refractivity contribution in [3.8, 4) is 31.9 Å². The second-order valence-corrected chi connectivity index (χ2v) is 25.2. The zero-order valence-corrected chi connectivity index (χ0v) is 53.2. The molecular weight excluding hydrogens is 1290 g/mol. The molecule has 27 nitrogen and oxygen atoms in total. The van der Waals surface area contributed by atoms with Gasteiger partial charge in [0.15, 0.2) is 66.0 Å². The normalized spacial score (nSPS) is 15.4. The fourth-order valence-electron chi connectivity index (χ4n) is 10.0. The van der Waals surface area contributed by atoms with E-state index in [1.807, 2.05) is 30.3 Å². The van der Waals surface area contributed by atoms with Crippen LogP contribution in [0.2, 0.25) is 10.6 Å². The molecule has 0 saturated carbocycles. The van der Waals surface area contributed by atoms with Crippen LogP contribution in [-0.2, 0) is 18.9 Å². The number of oxazole rings is 3. The van der Waals surface area contributed by atoms with Crippen LogP contribution in [-0.4, -0.2) is 173 Å². The molecule has 15 heterocycles. The summed E-state index contributed by atoms with van der Waals surface area (Å²) < 4.78 is 41.7. The lowest BCUT2D eigenvalue weighted by Gasteiger charge is -2.28. The van der Waals surface area contributed by atoms with Crippen LogP contribution >= 0.6 is 68.5 Å². The Labute approximate surface area is 543 Å². The number of nitrogen functional groups attached to an aromatic ring is 1. The number of hydrogen-bond acceptors (Lipinski definition) is 31. The Bertz CT molecular complexity index is 4430. The van der Waals surface area contributed by atoms with Gasteiger partial charge in [-0.15, -0.1) is 45.3 Å². The summed E-state index contributed by atoms with van der Waals surface area (Å²) in [4.78, 5) is 70.5. The first kappa shape index (κ1) is 61.4. The molecule has 0 bridgehead atoms. The van der Waals surface area contributed by atoms with Crippen LogP contribution in [0.1, 0.15) is 20.8 Å². The number of halogens is 2. The van der Waals surface area contributed by atoms with E-state index < -0.39 is 0 Å². The van der Waals surface area contributed by atoms with Gasteiger partial charge in [0.05, 0.1) is 138 Å². The van der Waals surface area contributed by atoms with Crippen molar-refractivity contribution in [2.75, 3.05) is 136 Å². The summed E-state index contributed by atoms with van der Waals surface area (Å²) >= 11 is 18.2. The number of morpholine rings is 4. The molecule has 91 heavy (non-hydrogen) atoms. The molecule has 0 unspecified atom stereocenters. The third-order valence-corrected chi connectivity index (χ3v) is 19.1. The lowest BCUT2D eigenvalue weighted by atomic mass is 10.2. The minimum absolute atomic E-state index is 0.208. The summed E-state index contributed by atoms with van der Waals surface area (Å²) in [7, 11) is 0. The summed E-state index contributed by atoms with van der Waals surface area (Å²) in [5.41, 5.74) is 10.9. The second-order valence-electron chi connectivity index (χ2n) is 20.3. The SMILES string of the molecule is Cc1cccc(/C=N/Nc2nc(N3CCOCC3)c3sc(-c4cnco4)cc3n2)c1.Clc1nc(N2CCOCC2)c2sc(-c3cnco3)cc2n1.NNc1nc(N2CCOCC2)c2sc(-c3cnco3)cc2n1.O=Cc1cc2nc(Cl)nc(N3CCOCC3)c2s1. The first-order valence-corrected chi connectivity index (χ1v) is 32.5. The summed E-state index contributed by atoms with van der Waals surface area (Å²) in [6.45, 7) is 13.9. The van der Waals surface area contributed by atoms with E-state index in [2.05, 4.69) is 104 Å². The molecule has 33 heteroatoms. The van der Waals surface area contributed by atoms with Crippen LogP contribution in [0.5, 0.6) is 0 Å². The molecule has 11 aromatic heterocycles. The molecule has 0 aliphatic carbocycles. The summed E-state index contributed by atoms with van der Waals surface area (Å²) in [5.74, 6) is 11.9. The molecule has 12 aromatic rings. The van der Waals surface area contributed by atoms with Crippen LogP contribution < -0.4 is 36.3 Å². The van der Waals surface area contributed by atoms with E-state index in [1.165, 1.54) is 36.1 Å². The van der Waals surface area contributed by atoms with Gasteiger partial charge in [-0.2, -0.15) is 25.0 Å². The number of nitrogens with zero attached hydrogens (tertiary/aromatic N) is 16. The average Bonchev–Trinajstić information content (AvgIpc) is 1.74. The number of benzene rings is 1. The zero-order chi connectivity index (χ0) is 62.0. The van der Waals surface area contributed by atoms with Crippen molar-refractivity contribution in [1.82, 2.24) is 54.8 Å². The topological polar surface area (TPSA) is 311 Å². The van der Waals surface area contributed by atoms with E-state index >= 15 is 0 Å². The molecule has 1 aromatic carbocycles. The number of thiophene rings is 4. The van der Waals surface area contributed by atoms with Crippen molar-refractivity contribution in [1.29, 1.82) is 0 Å². The highest BCUT2D eigenvalue weighted by atomic mass is 35.5. The fourth-order valence-corrected chi connectivity index (χ4v) is 14.5. The molecule has 4 saturated heterocycles. The van der Waals surface area contributed by atoms with Crippen LogP contribution in [0.4, 0.5) is 35.2 Å². The lowest BCUT2D eigenvalue weighted by molar-refractivity contribution is 0.112. The van der Waals surface area contributed by atoms with E-state index in [0.717, 1.165) is 160 Å². The number of carbonyl (C=O) groups excluding carboxylic acids is 1. The molecule has 0 radical (unpaired) electrons. The van der Waals surface area contributed by atoms with Gasteiger partial charge in [-0.1, -0.05) is 29.8 Å². The lowest BCUT2D eigenvalue weighted by Crippen LogP contribution is -2.37. The Balaban J connectivity index is 0.000000113. The largest absolute Gasteiger partial charge is 0.443 e. The van der Waals surface area contributed by atoms with Crippen molar-refractivity contribution >= 4 is 157 Å². The number of nitrogens with two attached hydrogens (primary N) is 1. The number of nitrogens with one attached hydrogen (secondary N) is 2. The number of ether oxygens (including phenoxy) is 4. The van der Waals surface area contributed by atoms with E-state index in [9.17, 15) is 4.79 Å². The Kier molecular flexibility index (Phi) is 19.4. The standard InChI is InChI=1S/C21H20N6O2S.C13H11ClN4O2S.C13H14N6O2S.C11H10ClN3O2S/c1-14-3-2-4-15(9-14)11-23-26-21-24-16-10-18(17-12-22-13-29-17)30-19(16)20(25-21)27-5-7-28-8-6-27;14-13-16-8-5-10(9-6-15-7-20-9)21-11(8)12(17-13)18-1-3-19-4-2-18;14-18-13-16-8-5-10(9-6-15-7-21-9)22-11(8)12(17-13)19-1-3-20-4-2-19;12-11-13-8-5-7(6-16)18-9(8)10(14-11)15-1-3-17-4-2-15/h2-4,9-13H,5-8H2,1H3,(H,24,25,26);5-7H,1-4H2;5-7H,1-4,14H2,(H,16,17,18);5-6H,1-4H2/b23-11+;;;. The minimum atomic E-state index is 0.208. The van der Waals surface area contributed by atoms with Crippen molar-refractivity contribution < 1.29 is 37.0 Å². The molecule has 0 spiro atoms. The maximum Gasteiger partial charge on any atom is 0.246 e. The number of hydrogen-bond donors (Lipinski definition) is 3. The first-order valence-electron chi connectivity index (χ1n) is 28.5. The Morgan fingerprint density at radius 3 is 1.31 bits per heavy atom. The molecule has 4 aliphatic heterocycles. The molecule has 0 amide bonds. The Morgan fingerprint density at radius 1 is 0.505 bits per heavy atom. The van der Waals surface area contributed by atoms with Crippen molar-refractivity contribution in [2.24, 2.45) is 10.9 Å². The molecule has 4 fully saturated rings. The van der Waals surface area contributed by atoms with E-state index in [-0.39, 0.29) is 10.6 Å². The van der Waals surface area contributed by atoms with Crippen LogP contribution in [0.25, 0.3) is 72.8 Å². The number of carbonyl (C=O) groups is 1. The highest BCUT2D eigenvalue weighted by molar-refractivity contribution is 7.23. The molecule has 4 aliphatic rings. The highest BCUT2D eigenvalue weighted by Gasteiger charge is 2.25. The average molecular weight is 1350 g/mol. The maximum atomic E-state index is 10.8. The smallest absolute Gasteiger partial charge is 0.246 e. The van der Waals surface area contributed by atoms with Gasteiger partial charge < -0.3 is 51.8 Å². The van der Waals surface area contributed by atoms with Crippen molar-refractivity contribution in [3.05, 3.63) is 113 Å². The van der Waals surface area contributed by atoms with Gasteiger partial charge in [0.2, 0.25) is 22.5 Å². The first-order chi connectivity index (χ1) is 44.7. The van der Waals surface area contributed by atoms with E-state index in [4.69, 9.17) is 66.2 Å². The highest BCUT2D eigenvalue weighted by Crippen LogP contribution is 2.41. The third-order valence-electron chi connectivity index (χ3n) is 14.3. The number of rotatable bonds is 12. The van der Waals surface area contributed by atoms with Gasteiger partial charge in [-0.05, 0) is 60.0 Å². The Morgan fingerprint density at radius 2 is 0.901 bits per heavy atom. The number of hydrazine groups is 1. The van der Waals surface area contributed by atoms with Crippen LogP contribution in [0.15, 0.2) is 105 Å². The molecular formula is C58H55Cl2N19O8S4. The summed E-state index contributed by atoms with van der Waals surface area (Å²) in [5, 5.41) is 4.80. The monoisotopic (exact) mass is 1340 g/mol. The van der Waals surface area contributed by atoms with Crippen molar-refractivity contribution in [2.45, 2.75) is 6.92 Å². The summed E-state index contributed by atoms with van der Waals surface area (Å²) in [6.07, 6.45) is 11.9. The number of hydrazone groups is 1. The molecule has 4 N–H and O–H groups in total. The number of aryl methyl sites for hydroxylation is 1. The van der Waals surface area contributed by atoms with Gasteiger partial charge in [0, 0.05) is 52.4 Å². The van der Waals surface area contributed by atoms with Gasteiger partial charge in [-0.3, -0.25) is 10.2 Å². The second kappa shape index (κ2) is 28.8. The predicted octanol–water partition coefficient (Wildman–Crippen LogP) is 10.2. The number of anilines is 6. The van der Waals surface area contributed by atoms with Crippen LogP contribution in [0, 0.1) is 6.92 Å². The summed E-state index contributed by atoms with van der Waals surface area (Å²) in [6, 6.07) is 15.8. The molecule has 16 rings (SSSR count). The predicted molar refractivity (Wildman–Crippen MR) is 354 cm³/mol. The van der Waals surface area contributed by atoms with Gasteiger partial charge in [-0.25, -0.2) is 46.2 Å². The van der Waals surface area contributed by atoms with Crippen LogP contribution in [0.3, 0.4) is 0 Å². The molecule has 0 atom stereocenters. The third kappa shape index (κ3) is 14.5. The van der Waals surface area contributed by atoms with Crippen molar-refractivity contribution in [3.63, 3.8) is 0 Å². The maximum absolute atomic E-state index is 10.8. The fraction of sp³-hybridized carbons (Fsp3) is 0.293. The minimum Gasteiger partial charge on any atom is -0.443 e.